The summed E-state index contributed by atoms with van der Waals surface area (Å²) < 4.78 is 10.9. The number of benzene rings is 1. The molecule has 0 radical (unpaired) electrons. The first-order valence-corrected chi connectivity index (χ1v) is 7.51. The van der Waals surface area contributed by atoms with Crippen LogP contribution in [0.25, 0.3) is 11.4 Å². The van der Waals surface area contributed by atoms with Crippen LogP contribution >= 0.6 is 12.4 Å². The second-order valence-electron chi connectivity index (χ2n) is 6.03. The van der Waals surface area contributed by atoms with Gasteiger partial charge in [-0.3, -0.25) is 0 Å². The number of ether oxygens (including phenoxy) is 1. The quantitative estimate of drug-likeness (QED) is 0.942. The highest BCUT2D eigenvalue weighted by Crippen LogP contribution is 2.47. The molecule has 1 saturated carbocycles. The summed E-state index contributed by atoms with van der Waals surface area (Å²) >= 11 is 0. The molecule has 2 fully saturated rings. The maximum atomic E-state index is 5.64. The van der Waals surface area contributed by atoms with Crippen molar-refractivity contribution < 1.29 is 9.26 Å². The smallest absolute Gasteiger partial charge is 0.234 e. The van der Waals surface area contributed by atoms with Gasteiger partial charge >= 0.3 is 0 Å². The maximum Gasteiger partial charge on any atom is 0.234 e. The van der Waals surface area contributed by atoms with Gasteiger partial charge in [0.15, 0.2) is 0 Å². The summed E-state index contributed by atoms with van der Waals surface area (Å²) in [7, 11) is 1.66. The zero-order valence-corrected chi connectivity index (χ0v) is 13.4. The molecule has 1 aromatic carbocycles. The van der Waals surface area contributed by atoms with Crippen LogP contribution in [0, 0.1) is 5.92 Å². The van der Waals surface area contributed by atoms with E-state index in [1.807, 2.05) is 24.3 Å². The van der Waals surface area contributed by atoms with Crippen LogP contribution in [0.5, 0.6) is 5.75 Å². The van der Waals surface area contributed by atoms with E-state index < -0.39 is 0 Å². The topological polar surface area (TPSA) is 60.2 Å². The van der Waals surface area contributed by atoms with Crippen LogP contribution in [0.1, 0.15) is 25.2 Å². The molecule has 1 N–H and O–H groups in total. The number of aromatic nitrogens is 2. The fourth-order valence-corrected chi connectivity index (χ4v) is 3.81. The van der Waals surface area contributed by atoms with E-state index >= 15 is 0 Å². The van der Waals surface area contributed by atoms with Crippen molar-refractivity contribution in [2.45, 2.75) is 24.7 Å². The predicted octanol–water partition coefficient (Wildman–Crippen LogP) is 2.81. The number of nitrogens with zero attached hydrogens (tertiary/aromatic N) is 2. The largest absolute Gasteiger partial charge is 0.497 e. The molecule has 1 aromatic heterocycles. The van der Waals surface area contributed by atoms with Gasteiger partial charge in [-0.25, -0.2) is 0 Å². The number of hydrogen-bond acceptors (Lipinski definition) is 5. The Morgan fingerprint density at radius 1 is 1.41 bits per heavy atom. The van der Waals surface area contributed by atoms with Crippen molar-refractivity contribution in [3.8, 4) is 17.1 Å². The first kappa shape index (κ1) is 15.3. The van der Waals surface area contributed by atoms with Gasteiger partial charge in [0.2, 0.25) is 11.7 Å². The van der Waals surface area contributed by atoms with E-state index in [0.29, 0.717) is 11.7 Å². The first-order chi connectivity index (χ1) is 10.3. The Hall–Kier alpha value is -1.59. The molecule has 6 heteroatoms. The Kier molecular flexibility index (Phi) is 4.10. The standard InChI is InChI=1S/C16H19N3O2.ClH/c1-20-13-6-2-4-11(8-13)14-18-15(21-19-14)16-7-3-5-12(16)9-17-10-16;/h2,4,6,8,12,17H,3,5,7,9-10H2,1H3;1H/t12-,16-;/m1./s1. The normalized spacial score (nSPS) is 26.5. The van der Waals surface area contributed by atoms with Crippen molar-refractivity contribution in [3.63, 3.8) is 0 Å². The van der Waals surface area contributed by atoms with E-state index in [1.54, 1.807) is 7.11 Å². The maximum absolute atomic E-state index is 5.64. The Bertz CT molecular complexity index is 648. The van der Waals surface area contributed by atoms with Gasteiger partial charge in [-0.1, -0.05) is 23.7 Å². The Morgan fingerprint density at radius 2 is 2.32 bits per heavy atom. The van der Waals surface area contributed by atoms with Crippen molar-refractivity contribution in [1.82, 2.24) is 15.5 Å². The Morgan fingerprint density at radius 3 is 3.18 bits per heavy atom. The number of halogens is 1. The van der Waals surface area contributed by atoms with E-state index in [4.69, 9.17) is 14.2 Å². The lowest BCUT2D eigenvalue weighted by Crippen LogP contribution is -2.31. The molecule has 22 heavy (non-hydrogen) atoms. The average molecular weight is 322 g/mol. The SMILES string of the molecule is COc1cccc(-c2noc([C@@]34CCC[C@@H]3CNC4)n2)c1.Cl. The lowest BCUT2D eigenvalue weighted by atomic mass is 9.80. The monoisotopic (exact) mass is 321 g/mol. The highest BCUT2D eigenvalue weighted by atomic mass is 35.5. The average Bonchev–Trinajstić information content (AvgIpc) is 3.21. The molecule has 1 aliphatic carbocycles. The Balaban J connectivity index is 0.00000144. The molecule has 2 aromatic rings. The van der Waals surface area contributed by atoms with Crippen molar-refractivity contribution >= 4 is 12.4 Å². The molecule has 5 nitrogen and oxygen atoms in total. The zero-order chi connectivity index (χ0) is 14.3. The summed E-state index contributed by atoms with van der Waals surface area (Å²) in [5.41, 5.74) is 0.991. The van der Waals surface area contributed by atoms with Crippen molar-refractivity contribution in [2.24, 2.45) is 5.92 Å². The fraction of sp³-hybridized carbons (Fsp3) is 0.500. The van der Waals surface area contributed by atoms with E-state index in [0.717, 1.165) is 36.7 Å². The van der Waals surface area contributed by atoms with E-state index in [9.17, 15) is 0 Å². The fourth-order valence-electron chi connectivity index (χ4n) is 3.81. The van der Waals surface area contributed by atoms with Crippen LogP contribution in [0.4, 0.5) is 0 Å². The van der Waals surface area contributed by atoms with Gasteiger partial charge in [0.05, 0.1) is 12.5 Å². The van der Waals surface area contributed by atoms with Crippen LogP contribution in [0.3, 0.4) is 0 Å². The lowest BCUT2D eigenvalue weighted by Gasteiger charge is -2.22. The molecular weight excluding hydrogens is 302 g/mol. The molecule has 2 aliphatic rings. The zero-order valence-electron chi connectivity index (χ0n) is 12.5. The summed E-state index contributed by atoms with van der Waals surface area (Å²) in [4.78, 5) is 4.70. The lowest BCUT2D eigenvalue weighted by molar-refractivity contribution is 0.265. The van der Waals surface area contributed by atoms with Gasteiger partial charge in [0, 0.05) is 12.1 Å². The number of hydrogen-bond donors (Lipinski definition) is 1. The molecule has 118 valence electrons. The molecule has 2 atom stereocenters. The number of fused-ring (bicyclic) bond motifs is 1. The van der Waals surface area contributed by atoms with Crippen molar-refractivity contribution in [2.75, 3.05) is 20.2 Å². The summed E-state index contributed by atoms with van der Waals surface area (Å²) in [5.74, 6) is 2.89. The molecule has 4 rings (SSSR count). The van der Waals surface area contributed by atoms with E-state index in [1.165, 1.54) is 12.8 Å². The molecule has 0 spiro atoms. The molecular formula is C16H20ClN3O2. The van der Waals surface area contributed by atoms with Gasteiger partial charge in [0.1, 0.15) is 5.75 Å². The van der Waals surface area contributed by atoms with Crippen molar-refractivity contribution in [1.29, 1.82) is 0 Å². The second kappa shape index (κ2) is 5.89. The van der Waals surface area contributed by atoms with Gasteiger partial charge < -0.3 is 14.6 Å². The highest BCUT2D eigenvalue weighted by Gasteiger charge is 2.51. The van der Waals surface area contributed by atoms with Crippen LogP contribution < -0.4 is 10.1 Å². The van der Waals surface area contributed by atoms with E-state index in [-0.39, 0.29) is 17.8 Å². The third-order valence-corrected chi connectivity index (χ3v) is 4.97. The predicted molar refractivity (Wildman–Crippen MR) is 85.4 cm³/mol. The van der Waals surface area contributed by atoms with Crippen LogP contribution in [0.2, 0.25) is 0 Å². The first-order valence-electron chi connectivity index (χ1n) is 7.51. The summed E-state index contributed by atoms with van der Waals surface area (Å²) in [6.45, 7) is 2.02. The van der Waals surface area contributed by atoms with Crippen LogP contribution in [-0.4, -0.2) is 30.3 Å². The summed E-state index contributed by atoms with van der Waals surface area (Å²) in [5, 5.41) is 7.68. The number of methoxy groups -OCH3 is 1. The third-order valence-electron chi connectivity index (χ3n) is 4.97. The minimum atomic E-state index is 0. The number of rotatable bonds is 3. The minimum Gasteiger partial charge on any atom is -0.497 e. The molecule has 0 amide bonds. The van der Waals surface area contributed by atoms with Crippen LogP contribution in [-0.2, 0) is 5.41 Å². The molecule has 0 unspecified atom stereocenters. The second-order valence-corrected chi connectivity index (χ2v) is 6.03. The van der Waals surface area contributed by atoms with Gasteiger partial charge in [-0.05, 0) is 37.4 Å². The molecule has 1 saturated heterocycles. The Labute approximate surface area is 135 Å². The third kappa shape index (κ3) is 2.29. The summed E-state index contributed by atoms with van der Waals surface area (Å²) in [6.07, 6.45) is 3.65. The van der Waals surface area contributed by atoms with Gasteiger partial charge in [-0.15, -0.1) is 12.4 Å². The molecule has 1 aliphatic heterocycles. The van der Waals surface area contributed by atoms with Crippen LogP contribution in [0.15, 0.2) is 28.8 Å². The van der Waals surface area contributed by atoms with E-state index in [2.05, 4.69) is 10.5 Å². The minimum absolute atomic E-state index is 0. The number of nitrogens with one attached hydrogen (secondary N) is 1. The molecule has 2 heterocycles. The molecule has 0 bridgehead atoms. The van der Waals surface area contributed by atoms with Crippen molar-refractivity contribution in [3.05, 3.63) is 30.2 Å². The van der Waals surface area contributed by atoms with Gasteiger partial charge in [-0.2, -0.15) is 4.98 Å². The van der Waals surface area contributed by atoms with Gasteiger partial charge in [0.25, 0.3) is 0 Å². The summed E-state index contributed by atoms with van der Waals surface area (Å²) in [6, 6.07) is 7.77. The highest BCUT2D eigenvalue weighted by molar-refractivity contribution is 5.85.